The minimum absolute atomic E-state index is 0.200. The van der Waals surface area contributed by atoms with Gasteiger partial charge in [0.15, 0.2) is 0 Å². The van der Waals surface area contributed by atoms with Crippen molar-refractivity contribution in [3.05, 3.63) is 24.3 Å². The van der Waals surface area contributed by atoms with E-state index < -0.39 is 0 Å². The fourth-order valence-corrected chi connectivity index (χ4v) is 1.89. The summed E-state index contributed by atoms with van der Waals surface area (Å²) in [4.78, 5) is 13.7. The van der Waals surface area contributed by atoms with Gasteiger partial charge in [0.25, 0.3) is 0 Å². The lowest BCUT2D eigenvalue weighted by atomic mass is 10.2. The zero-order chi connectivity index (χ0) is 10.7. The highest BCUT2D eigenvalue weighted by Gasteiger charge is 2.18. The molecular formula is C12H16N2O. The molecule has 0 atom stereocenters. The molecule has 1 aliphatic rings. The predicted octanol–water partition coefficient (Wildman–Crippen LogP) is 2.25. The van der Waals surface area contributed by atoms with E-state index in [-0.39, 0.29) is 5.91 Å². The van der Waals surface area contributed by atoms with Gasteiger partial charge in [-0.05, 0) is 18.6 Å². The van der Waals surface area contributed by atoms with E-state index >= 15 is 0 Å². The van der Waals surface area contributed by atoms with Crippen LogP contribution in [0.1, 0.15) is 19.8 Å². The molecule has 0 fully saturated rings. The molecule has 0 aromatic heterocycles. The Morgan fingerprint density at radius 3 is 3.07 bits per heavy atom. The first-order chi connectivity index (χ1) is 7.33. The molecule has 1 amide bonds. The molecule has 1 heterocycles. The van der Waals surface area contributed by atoms with Crippen LogP contribution in [0.3, 0.4) is 0 Å². The van der Waals surface area contributed by atoms with Gasteiger partial charge in [-0.3, -0.25) is 4.79 Å². The van der Waals surface area contributed by atoms with Gasteiger partial charge in [0.05, 0.1) is 11.4 Å². The fourth-order valence-electron chi connectivity index (χ4n) is 1.89. The van der Waals surface area contributed by atoms with Crippen molar-refractivity contribution in [3.63, 3.8) is 0 Å². The fraction of sp³-hybridized carbons (Fsp3) is 0.417. The summed E-state index contributed by atoms with van der Waals surface area (Å²) in [5.41, 5.74) is 2.08. The highest BCUT2D eigenvalue weighted by molar-refractivity contribution is 5.96. The lowest BCUT2D eigenvalue weighted by molar-refractivity contribution is -0.118. The summed E-state index contributed by atoms with van der Waals surface area (Å²) in [5.74, 6) is 0.200. The lowest BCUT2D eigenvalue weighted by Gasteiger charge is -2.21. The van der Waals surface area contributed by atoms with E-state index in [0.29, 0.717) is 6.42 Å². The quantitative estimate of drug-likeness (QED) is 0.761. The van der Waals surface area contributed by atoms with Crippen LogP contribution in [0.2, 0.25) is 0 Å². The Labute approximate surface area is 90.1 Å². The maximum atomic E-state index is 11.8. The third-order valence-corrected chi connectivity index (χ3v) is 2.67. The number of rotatable bonds is 1. The van der Waals surface area contributed by atoms with Crippen molar-refractivity contribution in [3.8, 4) is 0 Å². The summed E-state index contributed by atoms with van der Waals surface area (Å²) in [6, 6.07) is 7.99. The second kappa shape index (κ2) is 4.34. The first kappa shape index (κ1) is 10.0. The molecule has 0 aliphatic carbocycles. The van der Waals surface area contributed by atoms with Gasteiger partial charge in [0, 0.05) is 19.5 Å². The topological polar surface area (TPSA) is 32.3 Å². The lowest BCUT2D eigenvalue weighted by Crippen LogP contribution is -2.30. The van der Waals surface area contributed by atoms with Crippen molar-refractivity contribution in [2.75, 3.05) is 23.3 Å². The normalized spacial score (nSPS) is 15.1. The van der Waals surface area contributed by atoms with Gasteiger partial charge >= 0.3 is 0 Å². The van der Waals surface area contributed by atoms with Crippen molar-refractivity contribution in [2.45, 2.75) is 19.8 Å². The molecular weight excluding hydrogens is 188 g/mol. The van der Waals surface area contributed by atoms with E-state index in [2.05, 4.69) is 5.32 Å². The smallest absolute Gasteiger partial charge is 0.226 e. The van der Waals surface area contributed by atoms with Crippen LogP contribution in [0.4, 0.5) is 11.4 Å². The van der Waals surface area contributed by atoms with Gasteiger partial charge in [-0.2, -0.15) is 0 Å². The maximum Gasteiger partial charge on any atom is 0.226 e. The van der Waals surface area contributed by atoms with E-state index in [0.717, 1.165) is 30.9 Å². The number of amides is 1. The summed E-state index contributed by atoms with van der Waals surface area (Å²) in [7, 11) is 0. The number of para-hydroxylation sites is 2. The molecule has 0 unspecified atom stereocenters. The molecule has 1 aliphatic heterocycles. The molecule has 1 aromatic carbocycles. The van der Waals surface area contributed by atoms with Gasteiger partial charge in [0.1, 0.15) is 0 Å². The molecule has 0 saturated heterocycles. The minimum Gasteiger partial charge on any atom is -0.383 e. The Bertz CT molecular complexity index is 362. The molecule has 0 radical (unpaired) electrons. The Hall–Kier alpha value is -1.51. The number of fused-ring (bicyclic) bond motifs is 1. The zero-order valence-corrected chi connectivity index (χ0v) is 8.99. The molecule has 0 bridgehead atoms. The molecule has 1 N–H and O–H groups in total. The average molecular weight is 204 g/mol. The van der Waals surface area contributed by atoms with Gasteiger partial charge < -0.3 is 10.2 Å². The number of carbonyl (C=O) groups is 1. The van der Waals surface area contributed by atoms with Crippen molar-refractivity contribution in [1.82, 2.24) is 0 Å². The summed E-state index contributed by atoms with van der Waals surface area (Å²) in [6.07, 6.45) is 1.56. The number of nitrogens with zero attached hydrogens (tertiary/aromatic N) is 1. The number of nitrogens with one attached hydrogen (secondary N) is 1. The van der Waals surface area contributed by atoms with Gasteiger partial charge in [0.2, 0.25) is 5.91 Å². The number of anilines is 2. The highest BCUT2D eigenvalue weighted by Crippen LogP contribution is 2.28. The predicted molar refractivity (Wildman–Crippen MR) is 62.2 cm³/mol. The number of carbonyl (C=O) groups excluding carboxylic acids is 1. The summed E-state index contributed by atoms with van der Waals surface area (Å²) in [6.45, 7) is 3.66. The molecule has 1 aromatic rings. The van der Waals surface area contributed by atoms with Crippen molar-refractivity contribution >= 4 is 17.3 Å². The number of benzene rings is 1. The first-order valence-electron chi connectivity index (χ1n) is 5.46. The first-order valence-corrected chi connectivity index (χ1v) is 5.46. The third kappa shape index (κ3) is 1.96. The van der Waals surface area contributed by atoms with Crippen LogP contribution in [0.25, 0.3) is 0 Å². The molecule has 2 rings (SSSR count). The Kier molecular flexibility index (Phi) is 2.90. The SMILES string of the molecule is CCC(=O)N1CCCNc2ccccc21. The van der Waals surface area contributed by atoms with E-state index in [1.54, 1.807) is 0 Å². The number of hydrogen-bond acceptors (Lipinski definition) is 2. The van der Waals surface area contributed by atoms with E-state index in [1.165, 1.54) is 0 Å². The van der Waals surface area contributed by atoms with Gasteiger partial charge in [-0.15, -0.1) is 0 Å². The Morgan fingerprint density at radius 1 is 1.47 bits per heavy atom. The van der Waals surface area contributed by atoms with E-state index in [4.69, 9.17) is 0 Å². The Balaban J connectivity index is 2.37. The zero-order valence-electron chi connectivity index (χ0n) is 8.99. The molecule has 3 heteroatoms. The second-order valence-electron chi connectivity index (χ2n) is 3.70. The maximum absolute atomic E-state index is 11.8. The van der Waals surface area contributed by atoms with Crippen LogP contribution in [0.15, 0.2) is 24.3 Å². The molecule has 0 spiro atoms. The summed E-state index contributed by atoms with van der Waals surface area (Å²) >= 11 is 0. The van der Waals surface area contributed by atoms with Crippen molar-refractivity contribution in [1.29, 1.82) is 0 Å². The van der Waals surface area contributed by atoms with Crippen LogP contribution in [-0.2, 0) is 4.79 Å². The van der Waals surface area contributed by atoms with E-state index in [1.807, 2.05) is 36.1 Å². The second-order valence-corrected chi connectivity index (χ2v) is 3.70. The largest absolute Gasteiger partial charge is 0.383 e. The van der Waals surface area contributed by atoms with Crippen LogP contribution in [-0.4, -0.2) is 19.0 Å². The summed E-state index contributed by atoms with van der Waals surface area (Å²) in [5, 5.41) is 3.34. The molecule has 3 nitrogen and oxygen atoms in total. The third-order valence-electron chi connectivity index (χ3n) is 2.67. The average Bonchev–Trinajstić information content (AvgIpc) is 2.50. The van der Waals surface area contributed by atoms with E-state index in [9.17, 15) is 4.79 Å². The van der Waals surface area contributed by atoms with Gasteiger partial charge in [-0.1, -0.05) is 19.1 Å². The van der Waals surface area contributed by atoms with Crippen LogP contribution in [0.5, 0.6) is 0 Å². The molecule has 15 heavy (non-hydrogen) atoms. The minimum atomic E-state index is 0.200. The standard InChI is InChI=1S/C12H16N2O/c1-2-12(15)14-9-5-8-13-10-6-3-4-7-11(10)14/h3-4,6-7,13H,2,5,8-9H2,1H3. The molecule has 0 saturated carbocycles. The number of hydrogen-bond donors (Lipinski definition) is 1. The van der Waals surface area contributed by atoms with Crippen LogP contribution in [0, 0.1) is 0 Å². The van der Waals surface area contributed by atoms with Crippen molar-refractivity contribution < 1.29 is 4.79 Å². The Morgan fingerprint density at radius 2 is 2.27 bits per heavy atom. The van der Waals surface area contributed by atoms with Crippen LogP contribution < -0.4 is 10.2 Å². The monoisotopic (exact) mass is 204 g/mol. The highest BCUT2D eigenvalue weighted by atomic mass is 16.2. The van der Waals surface area contributed by atoms with Crippen LogP contribution >= 0.6 is 0 Å². The van der Waals surface area contributed by atoms with Crippen molar-refractivity contribution in [2.24, 2.45) is 0 Å². The summed E-state index contributed by atoms with van der Waals surface area (Å²) < 4.78 is 0. The molecule has 80 valence electrons. The van der Waals surface area contributed by atoms with Gasteiger partial charge in [-0.25, -0.2) is 0 Å².